The first-order valence-corrected chi connectivity index (χ1v) is 12.9. The largest absolute Gasteiger partial charge is 0.367 e. The number of nitrogens with zero attached hydrogens (tertiary/aromatic N) is 5. The number of hydrogen-bond donors (Lipinski definition) is 2. The van der Waals surface area contributed by atoms with Crippen LogP contribution in [0, 0.1) is 0 Å². The number of rotatable bonds is 9. The van der Waals surface area contributed by atoms with Crippen LogP contribution in [0.2, 0.25) is 0 Å². The van der Waals surface area contributed by atoms with Crippen LogP contribution in [0.5, 0.6) is 0 Å². The summed E-state index contributed by atoms with van der Waals surface area (Å²) in [5.74, 6) is 1.61. The van der Waals surface area contributed by atoms with Crippen molar-refractivity contribution in [2.75, 3.05) is 50.4 Å². The van der Waals surface area contributed by atoms with Crippen molar-refractivity contribution in [1.29, 1.82) is 0 Å². The van der Waals surface area contributed by atoms with E-state index < -0.39 is 0 Å². The predicted molar refractivity (Wildman–Crippen MR) is 137 cm³/mol. The highest BCUT2D eigenvalue weighted by Crippen LogP contribution is 2.29. The third-order valence-electron chi connectivity index (χ3n) is 6.87. The molecule has 1 aliphatic heterocycles. The van der Waals surface area contributed by atoms with Crippen molar-refractivity contribution in [1.82, 2.24) is 24.8 Å². The van der Waals surface area contributed by atoms with Gasteiger partial charge in [0.05, 0.1) is 11.3 Å². The first kappa shape index (κ1) is 23.9. The molecule has 1 saturated heterocycles. The molecule has 4 rings (SSSR count). The number of pyridine rings is 1. The van der Waals surface area contributed by atoms with Crippen LogP contribution in [0.4, 0.5) is 11.8 Å². The summed E-state index contributed by atoms with van der Waals surface area (Å²) in [6, 6.07) is 4.83. The number of unbranched alkanes of at least 4 members (excludes halogenated alkanes) is 1. The van der Waals surface area contributed by atoms with E-state index >= 15 is 0 Å². The molecule has 33 heavy (non-hydrogen) atoms. The van der Waals surface area contributed by atoms with Crippen LogP contribution in [-0.2, 0) is 6.54 Å². The Morgan fingerprint density at radius 1 is 0.970 bits per heavy atom. The molecule has 180 valence electrons. The molecule has 7 heteroatoms. The van der Waals surface area contributed by atoms with E-state index in [1.165, 1.54) is 50.6 Å². The lowest BCUT2D eigenvalue weighted by Gasteiger charge is -2.24. The van der Waals surface area contributed by atoms with Gasteiger partial charge in [-0.15, -0.1) is 0 Å². The van der Waals surface area contributed by atoms with Crippen molar-refractivity contribution in [2.45, 2.75) is 70.9 Å². The molecule has 2 aromatic heterocycles. The number of hydrogen-bond acceptors (Lipinski definition) is 7. The van der Waals surface area contributed by atoms with E-state index in [0.29, 0.717) is 12.0 Å². The fourth-order valence-electron chi connectivity index (χ4n) is 4.78. The molecule has 0 aromatic carbocycles. The quantitative estimate of drug-likeness (QED) is 0.539. The van der Waals surface area contributed by atoms with Crippen molar-refractivity contribution in [3.63, 3.8) is 0 Å². The Morgan fingerprint density at radius 2 is 1.85 bits per heavy atom. The highest BCUT2D eigenvalue weighted by molar-refractivity contribution is 5.72. The van der Waals surface area contributed by atoms with Gasteiger partial charge >= 0.3 is 0 Å². The molecule has 0 atom stereocenters. The van der Waals surface area contributed by atoms with E-state index in [2.05, 4.69) is 51.5 Å². The molecule has 2 aromatic rings. The Kier molecular flexibility index (Phi) is 8.89. The van der Waals surface area contributed by atoms with Gasteiger partial charge in [-0.2, -0.15) is 4.98 Å². The van der Waals surface area contributed by atoms with Gasteiger partial charge in [-0.05, 0) is 57.5 Å². The summed E-state index contributed by atoms with van der Waals surface area (Å²) >= 11 is 0. The molecular weight excluding hydrogens is 410 g/mol. The van der Waals surface area contributed by atoms with E-state index in [4.69, 9.17) is 9.97 Å². The van der Waals surface area contributed by atoms with Crippen molar-refractivity contribution in [2.24, 2.45) is 0 Å². The molecule has 2 fully saturated rings. The molecule has 1 saturated carbocycles. The third-order valence-corrected chi connectivity index (χ3v) is 6.87. The molecule has 3 heterocycles. The maximum atomic E-state index is 4.86. The van der Waals surface area contributed by atoms with Gasteiger partial charge in [0.15, 0.2) is 0 Å². The van der Waals surface area contributed by atoms with E-state index in [0.717, 1.165) is 62.6 Å². The predicted octanol–water partition coefficient (Wildman–Crippen LogP) is 4.63. The van der Waals surface area contributed by atoms with Gasteiger partial charge in [-0.25, -0.2) is 4.98 Å². The lowest BCUT2D eigenvalue weighted by Crippen LogP contribution is -2.28. The molecular formula is C26H41N7. The molecule has 7 nitrogen and oxygen atoms in total. The van der Waals surface area contributed by atoms with E-state index in [-0.39, 0.29) is 0 Å². The Labute approximate surface area is 199 Å². The molecule has 0 amide bonds. The minimum Gasteiger partial charge on any atom is -0.367 e. The Bertz CT molecular complexity index is 848. The van der Waals surface area contributed by atoms with E-state index in [9.17, 15) is 0 Å². The molecule has 2 N–H and O–H groups in total. The number of nitrogens with one attached hydrogen (secondary N) is 2. The summed E-state index contributed by atoms with van der Waals surface area (Å²) in [4.78, 5) is 19.3. The molecule has 0 bridgehead atoms. The monoisotopic (exact) mass is 451 g/mol. The molecule has 0 spiro atoms. The van der Waals surface area contributed by atoms with Gasteiger partial charge < -0.3 is 15.5 Å². The normalized spacial score (nSPS) is 18.7. The highest BCUT2D eigenvalue weighted by atomic mass is 15.2. The van der Waals surface area contributed by atoms with Crippen LogP contribution < -0.4 is 10.6 Å². The zero-order valence-electron chi connectivity index (χ0n) is 20.5. The lowest BCUT2D eigenvalue weighted by atomic mass is 9.95. The fourth-order valence-corrected chi connectivity index (χ4v) is 4.78. The highest BCUT2D eigenvalue weighted by Gasteiger charge is 2.18. The second kappa shape index (κ2) is 12.3. The summed E-state index contributed by atoms with van der Waals surface area (Å²) in [7, 11) is 2.21. The Hall–Kier alpha value is -2.25. The number of anilines is 2. The summed E-state index contributed by atoms with van der Waals surface area (Å²) in [6.45, 7) is 8.66. The smallest absolute Gasteiger partial charge is 0.224 e. The van der Waals surface area contributed by atoms with Gasteiger partial charge in [0.25, 0.3) is 0 Å². The first-order valence-electron chi connectivity index (χ1n) is 12.9. The first-order chi connectivity index (χ1) is 16.2. The van der Waals surface area contributed by atoms with Crippen LogP contribution in [0.15, 0.2) is 24.5 Å². The van der Waals surface area contributed by atoms with Gasteiger partial charge in [0.1, 0.15) is 5.82 Å². The van der Waals surface area contributed by atoms with E-state index in [1.807, 2.05) is 12.4 Å². The van der Waals surface area contributed by atoms with Crippen molar-refractivity contribution in [3.05, 3.63) is 30.1 Å². The van der Waals surface area contributed by atoms with Crippen molar-refractivity contribution < 1.29 is 0 Å². The van der Waals surface area contributed by atoms with Gasteiger partial charge in [-0.1, -0.05) is 38.7 Å². The average molecular weight is 452 g/mol. The Balaban J connectivity index is 1.48. The average Bonchev–Trinajstić information content (AvgIpc) is 3.05. The van der Waals surface area contributed by atoms with Crippen molar-refractivity contribution >= 4 is 11.8 Å². The van der Waals surface area contributed by atoms with Crippen LogP contribution in [-0.4, -0.2) is 70.6 Å². The van der Waals surface area contributed by atoms with Crippen LogP contribution in [0.3, 0.4) is 0 Å². The fraction of sp³-hybridized carbons (Fsp3) is 0.654. The summed E-state index contributed by atoms with van der Waals surface area (Å²) in [5, 5.41) is 7.10. The lowest BCUT2D eigenvalue weighted by molar-refractivity contribution is 0.269. The van der Waals surface area contributed by atoms with Crippen molar-refractivity contribution in [3.8, 4) is 11.3 Å². The third kappa shape index (κ3) is 7.11. The van der Waals surface area contributed by atoms with Crippen LogP contribution in [0.1, 0.15) is 63.9 Å². The Morgan fingerprint density at radius 3 is 2.64 bits per heavy atom. The molecule has 1 aliphatic carbocycles. The number of likely N-dealkylation sites (N-methyl/N-ethyl adjacent to an activating group) is 1. The minimum atomic E-state index is 0.483. The summed E-state index contributed by atoms with van der Waals surface area (Å²) in [5.41, 5.74) is 3.20. The number of aromatic nitrogens is 3. The molecule has 0 radical (unpaired) electrons. The maximum Gasteiger partial charge on any atom is 0.224 e. The summed E-state index contributed by atoms with van der Waals surface area (Å²) in [6.07, 6.45) is 13.8. The zero-order valence-corrected chi connectivity index (χ0v) is 20.5. The molecule has 2 aliphatic rings. The zero-order chi connectivity index (χ0) is 22.9. The summed E-state index contributed by atoms with van der Waals surface area (Å²) < 4.78 is 0. The van der Waals surface area contributed by atoms with Gasteiger partial charge in [-0.3, -0.25) is 9.88 Å². The second-order valence-electron chi connectivity index (χ2n) is 9.70. The maximum absolute atomic E-state index is 4.86. The second-order valence-corrected chi connectivity index (χ2v) is 9.70. The standard InChI is InChI=1S/C26H41N7/c1-3-4-13-27-26-29-19-23(25(31-26)30-22-9-6-5-7-10-22)24-12-11-21(18-28-24)20-33-15-8-14-32(2)16-17-33/h11-12,18-19,22H,3-10,13-17,20H2,1-2H3,(H2,27,29,30,31). The van der Waals surface area contributed by atoms with E-state index in [1.54, 1.807) is 0 Å². The van der Waals surface area contributed by atoms with Gasteiger partial charge in [0, 0.05) is 44.6 Å². The molecule has 0 unspecified atom stereocenters. The topological polar surface area (TPSA) is 69.2 Å². The van der Waals surface area contributed by atoms with Crippen LogP contribution in [0.25, 0.3) is 11.3 Å². The van der Waals surface area contributed by atoms with Gasteiger partial charge in [0.2, 0.25) is 5.95 Å². The van der Waals surface area contributed by atoms with Crippen LogP contribution >= 0.6 is 0 Å². The minimum absolute atomic E-state index is 0.483. The SMILES string of the molecule is CCCCNc1ncc(-c2ccc(CN3CCCN(C)CC3)cn2)c(NC2CCCCC2)n1.